The second kappa shape index (κ2) is 6.02. The summed E-state index contributed by atoms with van der Waals surface area (Å²) in [6, 6.07) is 0. The number of oxazole rings is 1. The average Bonchev–Trinajstić information content (AvgIpc) is 3.07. The Labute approximate surface area is 125 Å². The van der Waals surface area contributed by atoms with Gasteiger partial charge in [0.2, 0.25) is 0 Å². The van der Waals surface area contributed by atoms with E-state index < -0.39 is 0 Å². The highest BCUT2D eigenvalue weighted by Crippen LogP contribution is 2.23. The molecule has 0 aromatic carbocycles. The molecule has 0 unspecified atom stereocenters. The normalized spacial score (nSPS) is 14.9. The molecule has 0 bridgehead atoms. The Morgan fingerprint density at radius 2 is 2.10 bits per heavy atom. The molecule has 2 aromatic heterocycles. The molecule has 5 nitrogen and oxygen atoms in total. The topological polar surface area (TPSA) is 58.0 Å². The van der Waals surface area contributed by atoms with Gasteiger partial charge in [0.05, 0.1) is 11.4 Å². The van der Waals surface area contributed by atoms with Crippen LogP contribution in [0.2, 0.25) is 0 Å². The van der Waals surface area contributed by atoms with Crippen molar-refractivity contribution in [3.05, 3.63) is 34.8 Å². The molecule has 0 atom stereocenters. The number of nitrogens with one attached hydrogen (secondary N) is 1. The molecule has 0 aliphatic heterocycles. The Morgan fingerprint density at radius 3 is 2.86 bits per heavy atom. The highest BCUT2D eigenvalue weighted by molar-refractivity contribution is 5.27. The van der Waals surface area contributed by atoms with Crippen molar-refractivity contribution in [1.29, 1.82) is 0 Å². The monoisotopic (exact) mass is 288 g/mol. The third kappa shape index (κ3) is 3.18. The van der Waals surface area contributed by atoms with E-state index in [1.807, 2.05) is 0 Å². The van der Waals surface area contributed by atoms with Crippen LogP contribution in [0.25, 0.3) is 0 Å². The van der Waals surface area contributed by atoms with Gasteiger partial charge in [0.15, 0.2) is 5.89 Å². The van der Waals surface area contributed by atoms with Gasteiger partial charge in [-0.05, 0) is 38.3 Å². The minimum absolute atomic E-state index is 0.336. The highest BCUT2D eigenvalue weighted by Gasteiger charge is 2.18. The van der Waals surface area contributed by atoms with Gasteiger partial charge in [0.25, 0.3) is 0 Å². The first-order chi connectivity index (χ1) is 10.1. The fourth-order valence-corrected chi connectivity index (χ4v) is 2.93. The molecule has 2 heterocycles. The third-order valence-electron chi connectivity index (χ3n) is 4.06. The number of rotatable bonds is 5. The van der Waals surface area contributed by atoms with Crippen LogP contribution in [0.3, 0.4) is 0 Å². The summed E-state index contributed by atoms with van der Waals surface area (Å²) >= 11 is 0. The molecule has 0 saturated heterocycles. The highest BCUT2D eigenvalue weighted by atomic mass is 16.3. The van der Waals surface area contributed by atoms with E-state index in [1.54, 1.807) is 6.26 Å². The summed E-state index contributed by atoms with van der Waals surface area (Å²) in [5, 5.41) is 7.71. The molecular weight excluding hydrogens is 264 g/mol. The maximum Gasteiger partial charge on any atom is 0.196 e. The maximum absolute atomic E-state index is 5.49. The quantitative estimate of drug-likeness (QED) is 0.918. The SMILES string of the molecule is CC(C)c1nc(CN(C)Cc2n[nH]c3c2CCCC3)co1. The number of aromatic amines is 1. The van der Waals surface area contributed by atoms with E-state index in [-0.39, 0.29) is 0 Å². The molecule has 0 radical (unpaired) electrons. The number of aromatic nitrogens is 3. The molecular formula is C16H24N4O. The van der Waals surface area contributed by atoms with Crippen molar-refractivity contribution >= 4 is 0 Å². The molecule has 114 valence electrons. The molecule has 1 aliphatic rings. The van der Waals surface area contributed by atoms with Gasteiger partial charge >= 0.3 is 0 Å². The number of H-pyrrole nitrogens is 1. The first-order valence-electron chi connectivity index (χ1n) is 7.81. The summed E-state index contributed by atoms with van der Waals surface area (Å²) in [6.07, 6.45) is 6.64. The van der Waals surface area contributed by atoms with Gasteiger partial charge in [-0.15, -0.1) is 0 Å². The van der Waals surface area contributed by atoms with Crippen LogP contribution < -0.4 is 0 Å². The summed E-state index contributed by atoms with van der Waals surface area (Å²) in [7, 11) is 2.10. The predicted octanol–water partition coefficient (Wildman–Crippen LogP) is 3.03. The molecule has 0 amide bonds. The Kier molecular flexibility index (Phi) is 4.10. The second-order valence-electron chi connectivity index (χ2n) is 6.34. The van der Waals surface area contributed by atoms with Crippen molar-refractivity contribution in [1.82, 2.24) is 20.1 Å². The van der Waals surface area contributed by atoms with Crippen LogP contribution in [0.1, 0.15) is 61.1 Å². The smallest absolute Gasteiger partial charge is 0.196 e. The summed E-state index contributed by atoms with van der Waals surface area (Å²) in [6.45, 7) is 5.83. The van der Waals surface area contributed by atoms with Crippen LogP contribution in [-0.4, -0.2) is 27.1 Å². The number of hydrogen-bond acceptors (Lipinski definition) is 4. The fourth-order valence-electron chi connectivity index (χ4n) is 2.93. The zero-order valence-corrected chi connectivity index (χ0v) is 13.1. The van der Waals surface area contributed by atoms with E-state index in [2.05, 4.69) is 41.0 Å². The molecule has 5 heteroatoms. The van der Waals surface area contributed by atoms with E-state index in [1.165, 1.54) is 29.8 Å². The van der Waals surface area contributed by atoms with Crippen molar-refractivity contribution < 1.29 is 4.42 Å². The van der Waals surface area contributed by atoms with E-state index >= 15 is 0 Å². The molecule has 2 aromatic rings. The number of nitrogens with zero attached hydrogens (tertiary/aromatic N) is 3. The lowest BCUT2D eigenvalue weighted by molar-refractivity contribution is 0.309. The minimum Gasteiger partial charge on any atom is -0.448 e. The zero-order chi connectivity index (χ0) is 14.8. The van der Waals surface area contributed by atoms with Crippen molar-refractivity contribution in [2.75, 3.05) is 7.05 Å². The Bertz CT molecular complexity index is 599. The largest absolute Gasteiger partial charge is 0.448 e. The number of fused-ring (bicyclic) bond motifs is 1. The van der Waals surface area contributed by atoms with Gasteiger partial charge < -0.3 is 4.42 Å². The first kappa shape index (κ1) is 14.3. The Morgan fingerprint density at radius 1 is 1.29 bits per heavy atom. The maximum atomic E-state index is 5.49. The van der Waals surface area contributed by atoms with Crippen molar-refractivity contribution in [2.45, 2.75) is 58.5 Å². The Balaban J connectivity index is 1.63. The summed E-state index contributed by atoms with van der Waals surface area (Å²) < 4.78 is 5.49. The van der Waals surface area contributed by atoms with Crippen molar-refractivity contribution in [3.63, 3.8) is 0 Å². The van der Waals surface area contributed by atoms with Crippen molar-refractivity contribution in [3.8, 4) is 0 Å². The molecule has 1 N–H and O–H groups in total. The van der Waals surface area contributed by atoms with Crippen LogP contribution in [0, 0.1) is 0 Å². The predicted molar refractivity (Wildman–Crippen MR) is 81.0 cm³/mol. The zero-order valence-electron chi connectivity index (χ0n) is 13.1. The summed E-state index contributed by atoms with van der Waals surface area (Å²) in [4.78, 5) is 6.77. The lowest BCUT2D eigenvalue weighted by atomic mass is 9.96. The molecule has 0 saturated carbocycles. The number of aryl methyl sites for hydroxylation is 1. The second-order valence-corrected chi connectivity index (χ2v) is 6.34. The number of hydrogen-bond donors (Lipinski definition) is 1. The summed E-state index contributed by atoms with van der Waals surface area (Å²) in [5.41, 5.74) is 4.97. The Hall–Kier alpha value is -1.62. The van der Waals surface area contributed by atoms with Crippen LogP contribution in [0.5, 0.6) is 0 Å². The first-order valence-corrected chi connectivity index (χ1v) is 7.81. The molecule has 1 aliphatic carbocycles. The van der Waals surface area contributed by atoms with Crippen molar-refractivity contribution in [2.24, 2.45) is 0 Å². The molecule has 0 spiro atoms. The van der Waals surface area contributed by atoms with E-state index in [4.69, 9.17) is 4.42 Å². The van der Waals surface area contributed by atoms with Gasteiger partial charge in [-0.1, -0.05) is 13.8 Å². The van der Waals surface area contributed by atoms with Crippen LogP contribution in [-0.2, 0) is 25.9 Å². The lowest BCUT2D eigenvalue weighted by Gasteiger charge is -2.16. The van der Waals surface area contributed by atoms with Gasteiger partial charge in [-0.3, -0.25) is 10.00 Å². The van der Waals surface area contributed by atoms with Crippen LogP contribution in [0.4, 0.5) is 0 Å². The summed E-state index contributed by atoms with van der Waals surface area (Å²) in [5.74, 6) is 1.15. The van der Waals surface area contributed by atoms with Crippen LogP contribution in [0.15, 0.2) is 10.7 Å². The molecule has 0 fully saturated rings. The van der Waals surface area contributed by atoms with Gasteiger partial charge in [-0.2, -0.15) is 5.10 Å². The van der Waals surface area contributed by atoms with Gasteiger partial charge in [-0.25, -0.2) is 4.98 Å². The fraction of sp³-hybridized carbons (Fsp3) is 0.625. The standard InChI is InChI=1S/C16H24N4O/c1-11(2)16-17-12(10-21-16)8-20(3)9-15-13-6-4-5-7-14(13)18-19-15/h10-11H,4-9H2,1-3H3,(H,18,19). The van der Waals surface area contributed by atoms with Gasteiger partial charge in [0, 0.05) is 24.7 Å². The van der Waals surface area contributed by atoms with E-state index in [0.29, 0.717) is 5.92 Å². The van der Waals surface area contributed by atoms with Gasteiger partial charge in [0.1, 0.15) is 6.26 Å². The minimum atomic E-state index is 0.336. The van der Waals surface area contributed by atoms with E-state index in [0.717, 1.165) is 37.5 Å². The molecule has 3 rings (SSSR count). The average molecular weight is 288 g/mol. The van der Waals surface area contributed by atoms with E-state index in [9.17, 15) is 0 Å². The van der Waals surface area contributed by atoms with Crippen LogP contribution >= 0.6 is 0 Å². The lowest BCUT2D eigenvalue weighted by Crippen LogP contribution is -2.19. The third-order valence-corrected chi connectivity index (χ3v) is 4.06. The molecule has 21 heavy (non-hydrogen) atoms.